The molecule has 0 bridgehead atoms. The highest BCUT2D eigenvalue weighted by atomic mass is 19.1. The average Bonchev–Trinajstić information content (AvgIpc) is 2.98. The lowest BCUT2D eigenvalue weighted by Gasteiger charge is -2.18. The van der Waals surface area contributed by atoms with Crippen LogP contribution in [0, 0.1) is 12.7 Å². The number of carbonyl (C=O) groups excluding carboxylic acids is 2. The number of methoxy groups -OCH3 is 1. The summed E-state index contributed by atoms with van der Waals surface area (Å²) in [6, 6.07) is 10.9. The Bertz CT molecular complexity index is 841. The molecule has 3 rings (SSSR count). The molecular weight excluding hydrogens is 337 g/mol. The number of rotatable bonds is 4. The summed E-state index contributed by atoms with van der Waals surface area (Å²) in [4.78, 5) is 26.0. The molecule has 1 atom stereocenters. The van der Waals surface area contributed by atoms with Crippen LogP contribution in [0.4, 0.5) is 20.6 Å². The first-order chi connectivity index (χ1) is 12.5. The van der Waals surface area contributed by atoms with Gasteiger partial charge in [0.1, 0.15) is 11.6 Å². The Kier molecular flexibility index (Phi) is 5.06. The van der Waals surface area contributed by atoms with E-state index in [1.54, 1.807) is 49.3 Å². The molecule has 6 nitrogen and oxygen atoms in total. The molecule has 2 aromatic rings. The lowest BCUT2D eigenvalue weighted by atomic mass is 10.2. The molecule has 2 N–H and O–H groups in total. The standard InChI is InChI=1S/C19H20FN3O3/c1-12-6-7-13(8-17(12)20)21-19(25)22-14-9-18(24)23(11-14)15-4-3-5-16(10-15)26-2/h3-8,10,14H,9,11H2,1-2H3,(H2,21,22,25)/t14-/m0/s1. The van der Waals surface area contributed by atoms with Gasteiger partial charge in [0.2, 0.25) is 5.91 Å². The molecule has 7 heteroatoms. The highest BCUT2D eigenvalue weighted by molar-refractivity contribution is 5.97. The van der Waals surface area contributed by atoms with Crippen molar-refractivity contribution < 1.29 is 18.7 Å². The number of halogens is 1. The van der Waals surface area contributed by atoms with Crippen LogP contribution in [0.25, 0.3) is 0 Å². The number of carbonyl (C=O) groups is 2. The second-order valence-electron chi connectivity index (χ2n) is 6.17. The summed E-state index contributed by atoms with van der Waals surface area (Å²) >= 11 is 0. The Morgan fingerprint density at radius 2 is 2.08 bits per heavy atom. The number of amides is 3. The maximum Gasteiger partial charge on any atom is 0.319 e. The molecule has 1 aliphatic heterocycles. The number of nitrogens with zero attached hydrogens (tertiary/aromatic N) is 1. The summed E-state index contributed by atoms with van der Waals surface area (Å²) in [6.07, 6.45) is 0.201. The van der Waals surface area contributed by atoms with E-state index in [0.717, 1.165) is 5.69 Å². The molecule has 136 valence electrons. The Labute approximate surface area is 150 Å². The first-order valence-corrected chi connectivity index (χ1v) is 8.24. The average molecular weight is 357 g/mol. The number of aryl methyl sites for hydroxylation is 1. The van der Waals surface area contributed by atoms with E-state index in [1.807, 2.05) is 6.07 Å². The maximum atomic E-state index is 13.6. The van der Waals surface area contributed by atoms with Crippen LogP contribution in [-0.4, -0.2) is 31.6 Å². The van der Waals surface area contributed by atoms with E-state index in [-0.39, 0.29) is 24.2 Å². The van der Waals surface area contributed by atoms with Crippen LogP contribution in [0.2, 0.25) is 0 Å². The molecule has 0 aliphatic carbocycles. The third-order valence-electron chi connectivity index (χ3n) is 4.25. The normalized spacial score (nSPS) is 16.5. The predicted octanol–water partition coefficient (Wildman–Crippen LogP) is 3.07. The van der Waals surface area contributed by atoms with Gasteiger partial charge in [-0.1, -0.05) is 12.1 Å². The third-order valence-corrected chi connectivity index (χ3v) is 4.25. The van der Waals surface area contributed by atoms with Crippen molar-refractivity contribution in [2.24, 2.45) is 0 Å². The lowest BCUT2D eigenvalue weighted by molar-refractivity contribution is -0.117. The van der Waals surface area contributed by atoms with Gasteiger partial charge in [-0.25, -0.2) is 9.18 Å². The van der Waals surface area contributed by atoms with E-state index < -0.39 is 6.03 Å². The Hall–Kier alpha value is -3.09. The van der Waals surface area contributed by atoms with Crippen LogP contribution in [0.3, 0.4) is 0 Å². The van der Waals surface area contributed by atoms with Crippen molar-refractivity contribution in [3.8, 4) is 5.75 Å². The lowest BCUT2D eigenvalue weighted by Crippen LogP contribution is -2.39. The molecule has 1 heterocycles. The van der Waals surface area contributed by atoms with Crippen LogP contribution in [0.1, 0.15) is 12.0 Å². The zero-order valence-electron chi connectivity index (χ0n) is 14.6. The first kappa shape index (κ1) is 17.7. The van der Waals surface area contributed by atoms with Crippen molar-refractivity contribution >= 4 is 23.3 Å². The van der Waals surface area contributed by atoms with Gasteiger partial charge in [0.15, 0.2) is 0 Å². The van der Waals surface area contributed by atoms with Gasteiger partial charge in [0.05, 0.1) is 13.2 Å². The van der Waals surface area contributed by atoms with Crippen molar-refractivity contribution in [2.75, 3.05) is 23.9 Å². The zero-order valence-corrected chi connectivity index (χ0v) is 14.6. The number of urea groups is 1. The van der Waals surface area contributed by atoms with Gasteiger partial charge < -0.3 is 20.3 Å². The number of nitrogens with one attached hydrogen (secondary N) is 2. The number of benzene rings is 2. The highest BCUT2D eigenvalue weighted by Crippen LogP contribution is 2.25. The zero-order chi connectivity index (χ0) is 18.7. The molecular formula is C19H20FN3O3. The van der Waals surface area contributed by atoms with E-state index >= 15 is 0 Å². The van der Waals surface area contributed by atoms with Crippen LogP contribution < -0.4 is 20.3 Å². The fourth-order valence-corrected chi connectivity index (χ4v) is 2.86. The fraction of sp³-hybridized carbons (Fsp3) is 0.263. The van der Waals surface area contributed by atoms with Crippen molar-refractivity contribution in [3.05, 3.63) is 53.8 Å². The van der Waals surface area contributed by atoms with Crippen molar-refractivity contribution in [3.63, 3.8) is 0 Å². The predicted molar refractivity (Wildman–Crippen MR) is 97.0 cm³/mol. The SMILES string of the molecule is COc1cccc(N2C[C@@H](NC(=O)Nc3ccc(C)c(F)c3)CC2=O)c1. The molecule has 1 aliphatic rings. The van der Waals surface area contributed by atoms with Gasteiger partial charge >= 0.3 is 6.03 Å². The summed E-state index contributed by atoms with van der Waals surface area (Å²) in [7, 11) is 1.56. The van der Waals surface area contributed by atoms with E-state index in [1.165, 1.54) is 6.07 Å². The minimum Gasteiger partial charge on any atom is -0.497 e. The summed E-state index contributed by atoms with van der Waals surface area (Å²) < 4.78 is 18.7. The van der Waals surface area contributed by atoms with Crippen LogP contribution in [-0.2, 0) is 4.79 Å². The molecule has 0 saturated carbocycles. The van der Waals surface area contributed by atoms with Crippen LogP contribution in [0.15, 0.2) is 42.5 Å². The molecule has 0 spiro atoms. The quantitative estimate of drug-likeness (QED) is 0.883. The van der Waals surface area contributed by atoms with Crippen LogP contribution >= 0.6 is 0 Å². The molecule has 0 radical (unpaired) electrons. The number of hydrogen-bond acceptors (Lipinski definition) is 3. The molecule has 0 unspecified atom stereocenters. The largest absolute Gasteiger partial charge is 0.497 e. The van der Waals surface area contributed by atoms with Gasteiger partial charge in [0.25, 0.3) is 0 Å². The van der Waals surface area contributed by atoms with E-state index in [4.69, 9.17) is 4.74 Å². The second kappa shape index (κ2) is 7.43. The van der Waals surface area contributed by atoms with Crippen molar-refractivity contribution in [2.45, 2.75) is 19.4 Å². The summed E-state index contributed by atoms with van der Waals surface area (Å²) in [5.74, 6) is 0.193. The third kappa shape index (κ3) is 3.93. The van der Waals surface area contributed by atoms with Gasteiger partial charge in [-0.05, 0) is 36.8 Å². The van der Waals surface area contributed by atoms with Gasteiger partial charge in [-0.2, -0.15) is 0 Å². The minimum absolute atomic E-state index is 0.0788. The van der Waals surface area contributed by atoms with Crippen molar-refractivity contribution in [1.29, 1.82) is 0 Å². The fourth-order valence-electron chi connectivity index (χ4n) is 2.86. The Morgan fingerprint density at radius 3 is 2.81 bits per heavy atom. The topological polar surface area (TPSA) is 70.7 Å². The molecule has 1 fully saturated rings. The second-order valence-corrected chi connectivity index (χ2v) is 6.17. The summed E-state index contributed by atoms with van der Waals surface area (Å²) in [6.45, 7) is 2.01. The summed E-state index contributed by atoms with van der Waals surface area (Å²) in [5, 5.41) is 5.34. The monoisotopic (exact) mass is 357 g/mol. The minimum atomic E-state index is -0.474. The highest BCUT2D eigenvalue weighted by Gasteiger charge is 2.31. The summed E-state index contributed by atoms with van der Waals surface area (Å²) in [5.41, 5.74) is 1.59. The number of ether oxygens (including phenoxy) is 1. The molecule has 2 aromatic carbocycles. The Morgan fingerprint density at radius 1 is 1.27 bits per heavy atom. The van der Waals surface area contributed by atoms with E-state index in [0.29, 0.717) is 23.5 Å². The van der Waals surface area contributed by atoms with E-state index in [2.05, 4.69) is 10.6 Å². The Balaban J connectivity index is 1.61. The van der Waals surface area contributed by atoms with E-state index in [9.17, 15) is 14.0 Å². The first-order valence-electron chi connectivity index (χ1n) is 8.24. The van der Waals surface area contributed by atoms with Crippen molar-refractivity contribution in [1.82, 2.24) is 5.32 Å². The smallest absolute Gasteiger partial charge is 0.319 e. The van der Waals surface area contributed by atoms with Crippen LogP contribution in [0.5, 0.6) is 5.75 Å². The maximum absolute atomic E-state index is 13.6. The molecule has 1 saturated heterocycles. The van der Waals surface area contributed by atoms with Gasteiger partial charge in [-0.3, -0.25) is 4.79 Å². The number of anilines is 2. The molecule has 26 heavy (non-hydrogen) atoms. The molecule has 3 amide bonds. The van der Waals surface area contributed by atoms with Gasteiger partial charge in [-0.15, -0.1) is 0 Å². The number of hydrogen-bond donors (Lipinski definition) is 2. The van der Waals surface area contributed by atoms with Gasteiger partial charge in [0, 0.05) is 30.4 Å². The molecule has 0 aromatic heterocycles.